The largest absolute Gasteiger partial charge is 0.493 e. The van der Waals surface area contributed by atoms with Crippen molar-refractivity contribution >= 4 is 11.8 Å². The molecule has 3 aromatic rings. The van der Waals surface area contributed by atoms with Gasteiger partial charge in [-0.2, -0.15) is 0 Å². The molecule has 1 heterocycles. The lowest BCUT2D eigenvalue weighted by molar-refractivity contribution is -0.138. The van der Waals surface area contributed by atoms with Crippen LogP contribution in [-0.2, 0) is 16.1 Å². The Balaban J connectivity index is 1.45. The van der Waals surface area contributed by atoms with E-state index in [-0.39, 0.29) is 23.5 Å². The van der Waals surface area contributed by atoms with Crippen LogP contribution in [0.3, 0.4) is 0 Å². The Bertz CT molecular complexity index is 1180. The minimum absolute atomic E-state index is 0.0482. The van der Waals surface area contributed by atoms with Crippen LogP contribution >= 0.6 is 0 Å². The molecule has 0 radical (unpaired) electrons. The van der Waals surface area contributed by atoms with E-state index in [1.165, 1.54) is 12.1 Å². The molecule has 0 N–H and O–H groups in total. The number of carbonyl (C=O) groups excluding carboxylic acids is 2. The maximum absolute atomic E-state index is 13.5. The molecule has 0 bridgehead atoms. The summed E-state index contributed by atoms with van der Waals surface area (Å²) in [5, 5.41) is 0. The van der Waals surface area contributed by atoms with Crippen molar-refractivity contribution in [1.82, 2.24) is 9.80 Å². The van der Waals surface area contributed by atoms with Crippen LogP contribution in [0.15, 0.2) is 84.9 Å². The molecule has 1 fully saturated rings. The fourth-order valence-corrected chi connectivity index (χ4v) is 5.20. The van der Waals surface area contributed by atoms with Crippen molar-refractivity contribution in [3.8, 4) is 5.75 Å². The number of piperidine rings is 1. The van der Waals surface area contributed by atoms with Gasteiger partial charge in [0.05, 0.1) is 12.5 Å². The van der Waals surface area contributed by atoms with E-state index in [1.54, 1.807) is 17.0 Å². The summed E-state index contributed by atoms with van der Waals surface area (Å²) in [7, 11) is 1.83. The number of likely N-dealkylation sites (tertiary alicyclic amines) is 1. The van der Waals surface area contributed by atoms with Crippen molar-refractivity contribution < 1.29 is 18.7 Å². The molecular weight excluding hydrogens is 479 g/mol. The van der Waals surface area contributed by atoms with Gasteiger partial charge < -0.3 is 14.5 Å². The van der Waals surface area contributed by atoms with Gasteiger partial charge in [-0.15, -0.1) is 0 Å². The molecule has 0 saturated carbocycles. The van der Waals surface area contributed by atoms with E-state index < -0.39 is 5.41 Å². The molecule has 38 heavy (non-hydrogen) atoms. The maximum Gasteiger partial charge on any atom is 0.230 e. The quantitative estimate of drug-likeness (QED) is 0.329. The zero-order valence-corrected chi connectivity index (χ0v) is 22.3. The minimum atomic E-state index is -0.415. The topological polar surface area (TPSA) is 49.9 Å². The van der Waals surface area contributed by atoms with Gasteiger partial charge in [0.2, 0.25) is 11.8 Å². The van der Waals surface area contributed by atoms with Crippen LogP contribution in [0, 0.1) is 11.2 Å². The molecule has 6 heteroatoms. The molecule has 1 aliphatic heterocycles. The van der Waals surface area contributed by atoms with E-state index in [4.69, 9.17) is 4.74 Å². The number of ether oxygens (including phenoxy) is 1. The van der Waals surface area contributed by atoms with E-state index in [0.29, 0.717) is 51.3 Å². The molecule has 0 aromatic heterocycles. The third-order valence-corrected chi connectivity index (χ3v) is 7.62. The first kappa shape index (κ1) is 27.4. The highest BCUT2D eigenvalue weighted by Crippen LogP contribution is 2.38. The van der Waals surface area contributed by atoms with Gasteiger partial charge in [0.25, 0.3) is 0 Å². The van der Waals surface area contributed by atoms with Gasteiger partial charge in [0.1, 0.15) is 11.6 Å². The smallest absolute Gasteiger partial charge is 0.230 e. The number of hydrogen-bond donors (Lipinski definition) is 0. The molecule has 2 amide bonds. The fourth-order valence-electron chi connectivity index (χ4n) is 5.20. The maximum atomic E-state index is 13.5. The molecule has 3 aromatic carbocycles. The average molecular weight is 517 g/mol. The van der Waals surface area contributed by atoms with Crippen molar-refractivity contribution in [2.75, 3.05) is 26.7 Å². The molecule has 0 unspecified atom stereocenters. The van der Waals surface area contributed by atoms with Gasteiger partial charge in [-0.1, -0.05) is 67.6 Å². The normalized spacial score (nSPS) is 15.5. The fraction of sp³-hybridized carbons (Fsp3) is 0.375. The molecule has 1 atom stereocenters. The number of hydrogen-bond acceptors (Lipinski definition) is 3. The number of nitrogens with zero attached hydrogens (tertiary/aromatic N) is 2. The first-order chi connectivity index (χ1) is 18.4. The van der Waals surface area contributed by atoms with Crippen LogP contribution in [0.4, 0.5) is 4.39 Å². The predicted octanol–water partition coefficient (Wildman–Crippen LogP) is 6.06. The lowest BCUT2D eigenvalue weighted by atomic mass is 9.75. The summed E-state index contributed by atoms with van der Waals surface area (Å²) < 4.78 is 19.5. The summed E-state index contributed by atoms with van der Waals surface area (Å²) in [6, 6.07) is 25.8. The molecule has 5 nitrogen and oxygen atoms in total. The molecule has 4 rings (SSSR count). The molecule has 200 valence electrons. The van der Waals surface area contributed by atoms with Crippen LogP contribution in [0.2, 0.25) is 0 Å². The predicted molar refractivity (Wildman–Crippen MR) is 147 cm³/mol. The van der Waals surface area contributed by atoms with Crippen LogP contribution in [-0.4, -0.2) is 48.4 Å². The second kappa shape index (κ2) is 12.7. The number of amides is 2. The zero-order chi connectivity index (χ0) is 27.0. The van der Waals surface area contributed by atoms with E-state index >= 15 is 0 Å². The van der Waals surface area contributed by atoms with E-state index in [1.807, 2.05) is 79.5 Å². The van der Waals surface area contributed by atoms with Gasteiger partial charge in [0, 0.05) is 38.5 Å². The Hall–Kier alpha value is -3.67. The molecule has 1 saturated heterocycles. The summed E-state index contributed by atoms with van der Waals surface area (Å²) in [6.45, 7) is 4.06. The van der Waals surface area contributed by atoms with Crippen LogP contribution in [0.1, 0.15) is 49.7 Å². The van der Waals surface area contributed by atoms with E-state index in [9.17, 15) is 14.0 Å². The SMILES string of the molecule is CC[C@H](C(=O)N1CCC(COc2ccc(F)cc2)(CC(=O)N(C)Cc2ccccc2)CC1)c1ccccc1. The highest BCUT2D eigenvalue weighted by Gasteiger charge is 2.40. The third kappa shape index (κ3) is 7.00. The Labute approximate surface area is 225 Å². The van der Waals surface area contributed by atoms with Crippen molar-refractivity contribution in [3.63, 3.8) is 0 Å². The van der Waals surface area contributed by atoms with Gasteiger partial charge in [-0.3, -0.25) is 9.59 Å². The number of benzene rings is 3. The third-order valence-electron chi connectivity index (χ3n) is 7.62. The Morgan fingerprint density at radius 1 is 0.947 bits per heavy atom. The minimum Gasteiger partial charge on any atom is -0.493 e. The van der Waals surface area contributed by atoms with Crippen molar-refractivity contribution in [2.24, 2.45) is 5.41 Å². The molecule has 0 aliphatic carbocycles. The number of carbonyl (C=O) groups is 2. The Kier molecular flexibility index (Phi) is 9.16. The lowest BCUT2D eigenvalue weighted by Gasteiger charge is -2.42. The average Bonchev–Trinajstić information content (AvgIpc) is 2.94. The summed E-state index contributed by atoms with van der Waals surface area (Å²) >= 11 is 0. The van der Waals surface area contributed by atoms with Gasteiger partial charge >= 0.3 is 0 Å². The second-order valence-corrected chi connectivity index (χ2v) is 10.4. The number of halogens is 1. The summed E-state index contributed by atoms with van der Waals surface area (Å²) in [5.74, 6) is 0.272. The van der Waals surface area contributed by atoms with Crippen molar-refractivity contribution in [2.45, 2.75) is 45.1 Å². The van der Waals surface area contributed by atoms with Gasteiger partial charge in [-0.25, -0.2) is 4.39 Å². The van der Waals surface area contributed by atoms with Gasteiger partial charge in [-0.05, 0) is 54.7 Å². The summed E-state index contributed by atoms with van der Waals surface area (Å²) in [4.78, 5) is 30.5. The van der Waals surface area contributed by atoms with Crippen LogP contribution in [0.5, 0.6) is 5.75 Å². The van der Waals surface area contributed by atoms with Gasteiger partial charge in [0.15, 0.2) is 0 Å². The highest BCUT2D eigenvalue weighted by atomic mass is 19.1. The molecule has 0 spiro atoms. The first-order valence-electron chi connectivity index (χ1n) is 13.4. The lowest BCUT2D eigenvalue weighted by Crippen LogP contribution is -2.48. The Morgan fingerprint density at radius 3 is 2.16 bits per heavy atom. The van der Waals surface area contributed by atoms with Crippen LogP contribution < -0.4 is 4.74 Å². The first-order valence-corrected chi connectivity index (χ1v) is 13.4. The summed E-state index contributed by atoms with van der Waals surface area (Å²) in [6.07, 6.45) is 2.39. The molecular formula is C32H37FN2O3. The van der Waals surface area contributed by atoms with Crippen molar-refractivity contribution in [1.29, 1.82) is 0 Å². The monoisotopic (exact) mass is 516 g/mol. The van der Waals surface area contributed by atoms with E-state index in [2.05, 4.69) is 0 Å². The van der Waals surface area contributed by atoms with E-state index in [0.717, 1.165) is 17.5 Å². The zero-order valence-electron chi connectivity index (χ0n) is 22.3. The Morgan fingerprint density at radius 2 is 1.55 bits per heavy atom. The standard InChI is InChI=1S/C32H37FN2O3/c1-3-29(26-12-8-5-9-13-26)31(37)35-20-18-32(19-21-35,24-38-28-16-14-27(33)15-17-28)22-30(36)34(2)23-25-10-6-4-7-11-25/h4-17,29H,3,18-24H2,1-2H3/t29-/m0/s1. The van der Waals surface area contributed by atoms with Crippen LogP contribution in [0.25, 0.3) is 0 Å². The highest BCUT2D eigenvalue weighted by molar-refractivity contribution is 5.84. The molecule has 1 aliphatic rings. The number of rotatable bonds is 10. The summed E-state index contributed by atoms with van der Waals surface area (Å²) in [5.41, 5.74) is 1.70. The second-order valence-electron chi connectivity index (χ2n) is 10.4. The van der Waals surface area contributed by atoms with Crippen molar-refractivity contribution in [3.05, 3.63) is 102 Å².